The molecular formula is C73H126O6. The lowest BCUT2D eigenvalue weighted by atomic mass is 10.0. The van der Waals surface area contributed by atoms with Crippen molar-refractivity contribution in [2.24, 2.45) is 0 Å². The molecule has 1 unspecified atom stereocenters. The van der Waals surface area contributed by atoms with Crippen molar-refractivity contribution < 1.29 is 28.6 Å². The van der Waals surface area contributed by atoms with Crippen molar-refractivity contribution in [2.75, 3.05) is 13.2 Å². The minimum atomic E-state index is -0.816. The Kier molecular flexibility index (Phi) is 63.7. The van der Waals surface area contributed by atoms with E-state index in [1.807, 2.05) is 0 Å². The molecule has 0 radical (unpaired) electrons. The van der Waals surface area contributed by atoms with Crippen molar-refractivity contribution in [1.82, 2.24) is 0 Å². The van der Waals surface area contributed by atoms with Crippen LogP contribution < -0.4 is 0 Å². The van der Waals surface area contributed by atoms with Gasteiger partial charge in [-0.3, -0.25) is 14.4 Å². The van der Waals surface area contributed by atoms with Gasteiger partial charge in [0.05, 0.1) is 0 Å². The van der Waals surface area contributed by atoms with Gasteiger partial charge in [-0.05, 0) is 89.9 Å². The van der Waals surface area contributed by atoms with Crippen LogP contribution >= 0.6 is 0 Å². The van der Waals surface area contributed by atoms with Gasteiger partial charge in [-0.15, -0.1) is 0 Å². The molecule has 6 nitrogen and oxygen atoms in total. The zero-order valence-corrected chi connectivity index (χ0v) is 52.1. The Bertz CT molecular complexity index is 1540. The summed E-state index contributed by atoms with van der Waals surface area (Å²) in [5, 5.41) is 0. The molecule has 0 aromatic heterocycles. The minimum Gasteiger partial charge on any atom is -0.462 e. The quantitative estimate of drug-likeness (QED) is 0.0261. The fraction of sp³-hybridized carbons (Fsp3) is 0.740. The minimum absolute atomic E-state index is 0.104. The van der Waals surface area contributed by atoms with E-state index in [1.165, 1.54) is 167 Å². The van der Waals surface area contributed by atoms with Gasteiger partial charge in [-0.25, -0.2) is 0 Å². The second-order valence-corrected chi connectivity index (χ2v) is 22.3. The van der Waals surface area contributed by atoms with Gasteiger partial charge in [0.25, 0.3) is 0 Å². The summed E-state index contributed by atoms with van der Waals surface area (Å²) in [4.78, 5) is 38.3. The summed E-state index contributed by atoms with van der Waals surface area (Å²) >= 11 is 0. The van der Waals surface area contributed by atoms with Gasteiger partial charge in [0.1, 0.15) is 13.2 Å². The first-order valence-corrected chi connectivity index (χ1v) is 33.7. The van der Waals surface area contributed by atoms with Crippen molar-refractivity contribution in [3.63, 3.8) is 0 Å². The van der Waals surface area contributed by atoms with Crippen molar-refractivity contribution in [2.45, 2.75) is 335 Å². The van der Waals surface area contributed by atoms with E-state index in [2.05, 4.69) is 118 Å². The number of hydrogen-bond donors (Lipinski definition) is 0. The summed E-state index contributed by atoms with van der Waals surface area (Å²) in [6, 6.07) is 0. The van der Waals surface area contributed by atoms with Gasteiger partial charge < -0.3 is 14.2 Å². The van der Waals surface area contributed by atoms with E-state index in [9.17, 15) is 14.4 Å². The fourth-order valence-corrected chi connectivity index (χ4v) is 9.61. The predicted octanol–water partition coefficient (Wildman–Crippen LogP) is 23.2. The molecule has 0 heterocycles. The molecule has 6 heteroatoms. The standard InChI is InChI=1S/C73H126O6/c1-4-7-10-13-16-19-22-25-28-30-31-32-33-34-35-36-37-38-39-40-41-43-45-48-51-54-57-60-63-66-72(75)78-69-70(68-77-71(74)65-62-59-56-53-50-47-44-27-24-21-18-15-12-9-6-3)79-73(76)67-64-61-58-55-52-49-46-42-29-26-23-20-17-14-11-8-5-2/h8-9,11-12,17-18,20-21,26-27,29,44,46,49,55,58,70H,4-7,10,13-16,19,22-25,28,30-43,45,47-48,50-54,56-57,59-69H2,1-3H3/b11-8-,12-9-,20-17-,21-18-,29-26-,44-27-,49-46-,58-55-. The van der Waals surface area contributed by atoms with Gasteiger partial charge in [0, 0.05) is 19.3 Å². The molecule has 1 atom stereocenters. The van der Waals surface area contributed by atoms with Gasteiger partial charge in [-0.1, -0.05) is 317 Å². The molecule has 0 rings (SSSR count). The molecule has 0 aromatic carbocycles. The first kappa shape index (κ1) is 75.3. The molecule has 0 saturated carbocycles. The Hall–Kier alpha value is -3.67. The second kappa shape index (κ2) is 66.8. The molecule has 0 bridgehead atoms. The van der Waals surface area contributed by atoms with Crippen molar-refractivity contribution in [3.05, 3.63) is 97.2 Å². The van der Waals surface area contributed by atoms with E-state index < -0.39 is 6.10 Å². The lowest BCUT2D eigenvalue weighted by Gasteiger charge is -2.18. The molecule has 0 aliphatic carbocycles. The zero-order chi connectivity index (χ0) is 57.1. The summed E-state index contributed by atoms with van der Waals surface area (Å²) in [6.45, 7) is 6.39. The molecule has 79 heavy (non-hydrogen) atoms. The van der Waals surface area contributed by atoms with E-state index in [0.29, 0.717) is 19.3 Å². The van der Waals surface area contributed by atoms with Crippen LogP contribution in [-0.4, -0.2) is 37.2 Å². The van der Waals surface area contributed by atoms with Crippen LogP contribution in [0.2, 0.25) is 0 Å². The monoisotopic (exact) mass is 1100 g/mol. The molecule has 0 aliphatic rings. The molecule has 0 fully saturated rings. The highest BCUT2D eigenvalue weighted by Crippen LogP contribution is 2.18. The Balaban J connectivity index is 4.28. The summed E-state index contributed by atoms with van der Waals surface area (Å²) < 4.78 is 16.9. The zero-order valence-electron chi connectivity index (χ0n) is 52.1. The van der Waals surface area contributed by atoms with Crippen LogP contribution in [0.15, 0.2) is 97.2 Å². The number of unbranched alkanes of at least 4 members (excludes halogenated alkanes) is 34. The number of esters is 3. The van der Waals surface area contributed by atoms with Crippen molar-refractivity contribution in [3.8, 4) is 0 Å². The Morgan fingerprint density at radius 1 is 0.266 bits per heavy atom. The number of ether oxygens (including phenoxy) is 3. The largest absolute Gasteiger partial charge is 0.462 e. The van der Waals surface area contributed by atoms with E-state index >= 15 is 0 Å². The molecule has 0 N–H and O–H groups in total. The number of hydrogen-bond acceptors (Lipinski definition) is 6. The van der Waals surface area contributed by atoms with E-state index in [4.69, 9.17) is 14.2 Å². The summed E-state index contributed by atoms with van der Waals surface area (Å²) in [7, 11) is 0. The van der Waals surface area contributed by atoms with E-state index in [-0.39, 0.29) is 37.5 Å². The highest BCUT2D eigenvalue weighted by molar-refractivity contribution is 5.71. The maximum atomic E-state index is 12.9. The lowest BCUT2D eigenvalue weighted by molar-refractivity contribution is -0.167. The van der Waals surface area contributed by atoms with Crippen molar-refractivity contribution >= 4 is 17.9 Å². The molecule has 0 saturated heterocycles. The average molecular weight is 1100 g/mol. The SMILES string of the molecule is CC/C=C\C/C=C\C/C=C\C/C=C\C/C=C\CCCC(=O)OC(COC(=O)CCCCCCC/C=C\C/C=C\C/C=C\CC)COC(=O)CCCCCCCCCCCCCCCCCCCCCCCCCCCCCCC. The topological polar surface area (TPSA) is 78.9 Å². The molecule has 0 aromatic rings. The molecule has 0 spiro atoms. The van der Waals surface area contributed by atoms with Gasteiger partial charge >= 0.3 is 17.9 Å². The third kappa shape index (κ3) is 65.0. The average Bonchev–Trinajstić information content (AvgIpc) is 3.45. The van der Waals surface area contributed by atoms with E-state index in [0.717, 1.165) is 116 Å². The molecule has 454 valence electrons. The lowest BCUT2D eigenvalue weighted by Crippen LogP contribution is -2.30. The van der Waals surface area contributed by atoms with Gasteiger partial charge in [-0.2, -0.15) is 0 Å². The smallest absolute Gasteiger partial charge is 0.306 e. The van der Waals surface area contributed by atoms with Gasteiger partial charge in [0.15, 0.2) is 6.10 Å². The number of carbonyl (C=O) groups is 3. The Morgan fingerprint density at radius 3 is 0.810 bits per heavy atom. The first-order valence-electron chi connectivity index (χ1n) is 33.7. The summed E-state index contributed by atoms with van der Waals surface area (Å²) in [5.74, 6) is -0.969. The van der Waals surface area contributed by atoms with Crippen LogP contribution in [0.5, 0.6) is 0 Å². The van der Waals surface area contributed by atoms with Crippen molar-refractivity contribution in [1.29, 1.82) is 0 Å². The summed E-state index contributed by atoms with van der Waals surface area (Å²) in [6.07, 6.45) is 90.2. The number of rotatable bonds is 61. The molecular weight excluding hydrogens is 973 g/mol. The normalized spacial score (nSPS) is 12.7. The first-order chi connectivity index (χ1) is 39.0. The third-order valence-electron chi connectivity index (χ3n) is 14.6. The highest BCUT2D eigenvalue weighted by atomic mass is 16.6. The maximum absolute atomic E-state index is 12.9. The van der Waals surface area contributed by atoms with Crippen LogP contribution in [0.3, 0.4) is 0 Å². The molecule has 0 amide bonds. The predicted molar refractivity (Wildman–Crippen MR) is 344 cm³/mol. The van der Waals surface area contributed by atoms with E-state index in [1.54, 1.807) is 0 Å². The Morgan fingerprint density at radius 2 is 0.506 bits per heavy atom. The third-order valence-corrected chi connectivity index (χ3v) is 14.6. The number of carbonyl (C=O) groups excluding carboxylic acids is 3. The van der Waals surface area contributed by atoms with Crippen LogP contribution in [0.4, 0.5) is 0 Å². The van der Waals surface area contributed by atoms with Crippen LogP contribution in [-0.2, 0) is 28.6 Å². The molecule has 0 aliphatic heterocycles. The highest BCUT2D eigenvalue weighted by Gasteiger charge is 2.19. The Labute approximate surface area is 489 Å². The van der Waals surface area contributed by atoms with Crippen LogP contribution in [0, 0.1) is 0 Å². The number of allylic oxidation sites excluding steroid dienone is 16. The van der Waals surface area contributed by atoms with Crippen LogP contribution in [0.25, 0.3) is 0 Å². The second-order valence-electron chi connectivity index (χ2n) is 22.3. The summed E-state index contributed by atoms with van der Waals surface area (Å²) in [5.41, 5.74) is 0. The fourth-order valence-electron chi connectivity index (χ4n) is 9.61. The van der Waals surface area contributed by atoms with Gasteiger partial charge in [0.2, 0.25) is 0 Å². The van der Waals surface area contributed by atoms with Crippen LogP contribution in [0.1, 0.15) is 329 Å². The maximum Gasteiger partial charge on any atom is 0.306 e.